The first-order valence-corrected chi connectivity index (χ1v) is 10.0. The number of hydrogen-bond acceptors (Lipinski definition) is 6. The van der Waals surface area contributed by atoms with Crippen LogP contribution in [0.25, 0.3) is 0 Å². The molecule has 2 fully saturated rings. The fourth-order valence-corrected chi connectivity index (χ4v) is 4.81. The maximum absolute atomic E-state index is 12.5. The first-order valence-electron chi connectivity index (χ1n) is 8.38. The van der Waals surface area contributed by atoms with E-state index in [2.05, 4.69) is 5.32 Å². The number of fused-ring (bicyclic) bond motifs is 1. The van der Waals surface area contributed by atoms with E-state index in [9.17, 15) is 13.2 Å². The van der Waals surface area contributed by atoms with E-state index in [1.807, 2.05) is 0 Å². The summed E-state index contributed by atoms with van der Waals surface area (Å²) >= 11 is 0. The van der Waals surface area contributed by atoms with Gasteiger partial charge >= 0.3 is 0 Å². The highest BCUT2D eigenvalue weighted by molar-refractivity contribution is 7.91. The molecular formula is C17H24N2O5S. The quantitative estimate of drug-likeness (QED) is 0.789. The van der Waals surface area contributed by atoms with Gasteiger partial charge in [0, 0.05) is 38.7 Å². The molecule has 0 bridgehead atoms. The number of carbonyl (C=O) groups is 1. The summed E-state index contributed by atoms with van der Waals surface area (Å²) in [6, 6.07) is 4.47. The van der Waals surface area contributed by atoms with Crippen molar-refractivity contribution in [2.24, 2.45) is 11.8 Å². The van der Waals surface area contributed by atoms with Crippen molar-refractivity contribution in [1.82, 2.24) is 10.2 Å². The number of benzene rings is 1. The van der Waals surface area contributed by atoms with Gasteiger partial charge < -0.3 is 19.7 Å². The maximum atomic E-state index is 12.5. The lowest BCUT2D eigenvalue weighted by atomic mass is 10.0. The van der Waals surface area contributed by atoms with Gasteiger partial charge in [-0.1, -0.05) is 0 Å². The largest absolute Gasteiger partial charge is 0.493 e. The molecule has 8 heteroatoms. The van der Waals surface area contributed by atoms with Crippen molar-refractivity contribution < 1.29 is 22.7 Å². The SMILES string of the molecule is COc1ccc(S(=O)(=O)CCC(=O)N2C[C@H]3CNC[C@H]3C2)cc1OC. The Morgan fingerprint density at radius 2 is 1.80 bits per heavy atom. The molecule has 0 aliphatic carbocycles. The highest BCUT2D eigenvalue weighted by Gasteiger charge is 2.38. The summed E-state index contributed by atoms with van der Waals surface area (Å²) in [5.41, 5.74) is 0. The minimum atomic E-state index is -3.56. The second-order valence-corrected chi connectivity index (χ2v) is 8.67. The van der Waals surface area contributed by atoms with Gasteiger partial charge in [0.1, 0.15) is 0 Å². The molecule has 1 aromatic carbocycles. The van der Waals surface area contributed by atoms with Crippen LogP contribution in [0.1, 0.15) is 6.42 Å². The van der Waals surface area contributed by atoms with Crippen molar-refractivity contribution in [2.75, 3.05) is 46.2 Å². The minimum Gasteiger partial charge on any atom is -0.493 e. The highest BCUT2D eigenvalue weighted by atomic mass is 32.2. The average Bonchev–Trinajstić information content (AvgIpc) is 3.21. The lowest BCUT2D eigenvalue weighted by Crippen LogP contribution is -2.32. The number of hydrogen-bond donors (Lipinski definition) is 1. The predicted molar refractivity (Wildman–Crippen MR) is 92.6 cm³/mol. The summed E-state index contributed by atoms with van der Waals surface area (Å²) < 4.78 is 35.3. The van der Waals surface area contributed by atoms with E-state index in [0.29, 0.717) is 23.3 Å². The monoisotopic (exact) mass is 368 g/mol. The molecule has 2 atom stereocenters. The van der Waals surface area contributed by atoms with Crippen LogP contribution >= 0.6 is 0 Å². The van der Waals surface area contributed by atoms with E-state index in [1.54, 1.807) is 11.0 Å². The summed E-state index contributed by atoms with van der Waals surface area (Å²) in [5, 5.41) is 3.33. The average molecular weight is 368 g/mol. The van der Waals surface area contributed by atoms with Crippen LogP contribution in [0, 0.1) is 11.8 Å². The Hall–Kier alpha value is -1.80. The third kappa shape index (κ3) is 3.74. The zero-order valence-electron chi connectivity index (χ0n) is 14.5. The van der Waals surface area contributed by atoms with Crippen LogP contribution in [-0.2, 0) is 14.6 Å². The molecule has 0 aromatic heterocycles. The van der Waals surface area contributed by atoms with Crippen LogP contribution in [0.3, 0.4) is 0 Å². The molecule has 1 amide bonds. The molecule has 2 saturated heterocycles. The maximum Gasteiger partial charge on any atom is 0.223 e. The molecule has 2 heterocycles. The van der Waals surface area contributed by atoms with Crippen LogP contribution in [0.15, 0.2) is 23.1 Å². The highest BCUT2D eigenvalue weighted by Crippen LogP contribution is 2.30. The first-order chi connectivity index (χ1) is 11.9. The van der Waals surface area contributed by atoms with E-state index in [-0.39, 0.29) is 23.0 Å². The van der Waals surface area contributed by atoms with Crippen molar-refractivity contribution in [3.63, 3.8) is 0 Å². The Morgan fingerprint density at radius 1 is 1.16 bits per heavy atom. The fraction of sp³-hybridized carbons (Fsp3) is 0.588. The van der Waals surface area contributed by atoms with E-state index in [1.165, 1.54) is 26.4 Å². The Labute approximate surface area is 148 Å². The van der Waals surface area contributed by atoms with E-state index in [4.69, 9.17) is 9.47 Å². The summed E-state index contributed by atoms with van der Waals surface area (Å²) in [5.74, 6) is 1.55. The third-order valence-corrected chi connectivity index (χ3v) is 6.75. The van der Waals surface area contributed by atoms with Crippen molar-refractivity contribution in [2.45, 2.75) is 11.3 Å². The van der Waals surface area contributed by atoms with Gasteiger partial charge in [0.15, 0.2) is 21.3 Å². The van der Waals surface area contributed by atoms with Crippen LogP contribution < -0.4 is 14.8 Å². The number of amides is 1. The van der Waals surface area contributed by atoms with Gasteiger partial charge in [-0.3, -0.25) is 4.79 Å². The fourth-order valence-electron chi connectivity index (χ4n) is 3.57. The van der Waals surface area contributed by atoms with Gasteiger partial charge in [-0.15, -0.1) is 0 Å². The normalized spacial score (nSPS) is 22.7. The number of nitrogens with zero attached hydrogens (tertiary/aromatic N) is 1. The molecule has 1 aromatic rings. The van der Waals surface area contributed by atoms with Crippen LogP contribution in [0.5, 0.6) is 11.5 Å². The van der Waals surface area contributed by atoms with Gasteiger partial charge in [-0.2, -0.15) is 0 Å². The number of sulfone groups is 1. The number of nitrogens with one attached hydrogen (secondary N) is 1. The molecule has 1 N–H and O–H groups in total. The molecule has 2 aliphatic heterocycles. The van der Waals surface area contributed by atoms with E-state index in [0.717, 1.165) is 26.2 Å². The first kappa shape index (κ1) is 18.0. The lowest BCUT2D eigenvalue weighted by Gasteiger charge is -2.17. The van der Waals surface area contributed by atoms with Gasteiger partial charge in [0.2, 0.25) is 5.91 Å². The van der Waals surface area contributed by atoms with Crippen molar-refractivity contribution >= 4 is 15.7 Å². The second kappa shape index (κ2) is 7.21. The van der Waals surface area contributed by atoms with Crippen LogP contribution in [0.2, 0.25) is 0 Å². The molecule has 0 radical (unpaired) electrons. The molecule has 3 rings (SSSR count). The molecule has 0 spiro atoms. The molecule has 2 aliphatic rings. The number of carbonyl (C=O) groups excluding carboxylic acids is 1. The zero-order chi connectivity index (χ0) is 18.0. The Kier molecular flexibility index (Phi) is 5.19. The summed E-state index contributed by atoms with van der Waals surface area (Å²) in [7, 11) is -0.610. The number of likely N-dealkylation sites (tertiary alicyclic amines) is 1. The van der Waals surface area contributed by atoms with Gasteiger partial charge in [-0.05, 0) is 24.0 Å². The van der Waals surface area contributed by atoms with Crippen molar-refractivity contribution in [1.29, 1.82) is 0 Å². The molecular weight excluding hydrogens is 344 g/mol. The lowest BCUT2D eigenvalue weighted by molar-refractivity contribution is -0.130. The number of ether oxygens (including phenoxy) is 2. The third-order valence-electron chi connectivity index (χ3n) is 5.04. The number of rotatable bonds is 6. The van der Waals surface area contributed by atoms with Crippen LogP contribution in [-0.4, -0.2) is 65.4 Å². The molecule has 25 heavy (non-hydrogen) atoms. The van der Waals surface area contributed by atoms with Crippen molar-refractivity contribution in [3.8, 4) is 11.5 Å². The summed E-state index contributed by atoms with van der Waals surface area (Å²) in [4.78, 5) is 14.3. The molecule has 7 nitrogen and oxygen atoms in total. The molecule has 0 saturated carbocycles. The van der Waals surface area contributed by atoms with Gasteiger partial charge in [-0.25, -0.2) is 8.42 Å². The summed E-state index contributed by atoms with van der Waals surface area (Å²) in [6.07, 6.45) is 0.00352. The topological polar surface area (TPSA) is 84.9 Å². The van der Waals surface area contributed by atoms with Gasteiger partial charge in [0.25, 0.3) is 0 Å². The minimum absolute atomic E-state index is 0.00352. The summed E-state index contributed by atoms with van der Waals surface area (Å²) in [6.45, 7) is 3.34. The Bertz CT molecular complexity index is 737. The number of methoxy groups -OCH3 is 2. The van der Waals surface area contributed by atoms with Crippen LogP contribution in [0.4, 0.5) is 0 Å². The Morgan fingerprint density at radius 3 is 2.40 bits per heavy atom. The zero-order valence-corrected chi connectivity index (χ0v) is 15.3. The predicted octanol–water partition coefficient (Wildman–Crippen LogP) is 0.545. The standard InChI is InChI=1S/C17H24N2O5S/c1-23-15-4-3-14(7-16(15)24-2)25(21,22)6-5-17(20)19-10-12-8-18-9-13(12)11-19/h3-4,7,12-13,18H,5-6,8-11H2,1-2H3/t12-,13+. The second-order valence-electron chi connectivity index (χ2n) is 6.56. The Balaban J connectivity index is 1.63. The van der Waals surface area contributed by atoms with Gasteiger partial charge in [0.05, 0.1) is 24.9 Å². The van der Waals surface area contributed by atoms with Crippen molar-refractivity contribution in [3.05, 3.63) is 18.2 Å². The molecule has 138 valence electrons. The molecule has 0 unspecified atom stereocenters. The van der Waals surface area contributed by atoms with E-state index >= 15 is 0 Å². The van der Waals surface area contributed by atoms with E-state index < -0.39 is 9.84 Å². The smallest absolute Gasteiger partial charge is 0.223 e.